The van der Waals surface area contributed by atoms with Crippen molar-refractivity contribution in [2.45, 2.75) is 39.2 Å². The summed E-state index contributed by atoms with van der Waals surface area (Å²) in [6, 6.07) is 7.53. The van der Waals surface area contributed by atoms with Crippen molar-refractivity contribution in [3.8, 4) is 0 Å². The Hall–Kier alpha value is -1.32. The van der Waals surface area contributed by atoms with Crippen molar-refractivity contribution in [2.75, 3.05) is 13.1 Å². The van der Waals surface area contributed by atoms with E-state index in [0.29, 0.717) is 10.9 Å². The molecule has 1 N–H and O–H groups in total. The molecule has 4 heteroatoms. The first-order chi connectivity index (χ1) is 10.9. The van der Waals surface area contributed by atoms with E-state index in [4.69, 9.17) is 16.3 Å². The Bertz CT molecular complexity index is 545. The Balaban J connectivity index is 1.92. The number of hydrogen-bond acceptors (Lipinski definition) is 3. The third kappa shape index (κ3) is 5.36. The second-order valence-electron chi connectivity index (χ2n) is 6.75. The number of nitrogens with one attached hydrogen (secondary N) is 1. The highest BCUT2D eigenvalue weighted by Gasteiger charge is 2.34. The van der Waals surface area contributed by atoms with E-state index in [1.54, 1.807) is 0 Å². The molecular formula is C19H26ClNO2. The van der Waals surface area contributed by atoms with Crippen molar-refractivity contribution in [3.05, 3.63) is 40.9 Å². The molecule has 1 unspecified atom stereocenters. The number of carbonyl (C=O) groups excluding carboxylic acids is 1. The summed E-state index contributed by atoms with van der Waals surface area (Å²) < 4.78 is 5.81. The summed E-state index contributed by atoms with van der Waals surface area (Å²) in [6.07, 6.45) is 5.91. The summed E-state index contributed by atoms with van der Waals surface area (Å²) in [5.74, 6) is -0.0226. The van der Waals surface area contributed by atoms with Gasteiger partial charge in [0.2, 0.25) is 0 Å². The minimum Gasteiger partial charge on any atom is -0.459 e. The van der Waals surface area contributed by atoms with Crippen molar-refractivity contribution in [2.24, 2.45) is 11.8 Å². The Labute approximate surface area is 144 Å². The summed E-state index contributed by atoms with van der Waals surface area (Å²) in [6.45, 7) is 7.91. The molecule has 0 amide bonds. The van der Waals surface area contributed by atoms with Crippen LogP contribution in [0.5, 0.6) is 0 Å². The zero-order valence-corrected chi connectivity index (χ0v) is 14.9. The standard InChI is InChI=1S/C19H26ClNO2/c1-14(4-5-15-6-8-17(20)9-7-15)18(22)23-19(2,3)16-10-12-21-13-11-16/h4-9,14,16,21H,10-13H2,1-3H3/b5-4+. The summed E-state index contributed by atoms with van der Waals surface area (Å²) in [5.41, 5.74) is 0.605. The lowest BCUT2D eigenvalue weighted by molar-refractivity contribution is -0.165. The van der Waals surface area contributed by atoms with Gasteiger partial charge in [-0.25, -0.2) is 0 Å². The molecule has 0 spiro atoms. The lowest BCUT2D eigenvalue weighted by Gasteiger charge is -2.37. The first-order valence-electron chi connectivity index (χ1n) is 8.26. The lowest BCUT2D eigenvalue weighted by atomic mass is 9.83. The number of piperidine rings is 1. The van der Waals surface area contributed by atoms with Crippen LogP contribution in [-0.4, -0.2) is 24.7 Å². The molecular weight excluding hydrogens is 310 g/mol. The van der Waals surface area contributed by atoms with Gasteiger partial charge in [-0.05, 0) is 64.4 Å². The van der Waals surface area contributed by atoms with E-state index in [1.807, 2.05) is 57.2 Å². The van der Waals surface area contributed by atoms with Gasteiger partial charge in [0.05, 0.1) is 5.92 Å². The maximum atomic E-state index is 12.4. The molecule has 1 aliphatic rings. The molecule has 0 radical (unpaired) electrons. The van der Waals surface area contributed by atoms with Crippen LogP contribution in [0.2, 0.25) is 5.02 Å². The Kier molecular flexibility index (Phi) is 6.25. The fourth-order valence-electron chi connectivity index (χ4n) is 2.86. The highest BCUT2D eigenvalue weighted by Crippen LogP contribution is 2.29. The van der Waals surface area contributed by atoms with Crippen molar-refractivity contribution < 1.29 is 9.53 Å². The van der Waals surface area contributed by atoms with E-state index in [-0.39, 0.29) is 11.9 Å². The number of benzene rings is 1. The third-order valence-electron chi connectivity index (χ3n) is 4.51. The van der Waals surface area contributed by atoms with Crippen molar-refractivity contribution in [1.82, 2.24) is 5.32 Å². The zero-order chi connectivity index (χ0) is 16.9. The maximum absolute atomic E-state index is 12.4. The maximum Gasteiger partial charge on any atom is 0.313 e. The van der Waals surface area contributed by atoms with Crippen LogP contribution in [0, 0.1) is 11.8 Å². The summed E-state index contributed by atoms with van der Waals surface area (Å²) in [7, 11) is 0. The zero-order valence-electron chi connectivity index (χ0n) is 14.1. The predicted molar refractivity (Wildman–Crippen MR) is 95.4 cm³/mol. The van der Waals surface area contributed by atoms with Gasteiger partial charge in [0.15, 0.2) is 0 Å². The number of rotatable bonds is 5. The van der Waals surface area contributed by atoms with Crippen LogP contribution in [-0.2, 0) is 9.53 Å². The van der Waals surface area contributed by atoms with Gasteiger partial charge >= 0.3 is 5.97 Å². The molecule has 23 heavy (non-hydrogen) atoms. The average molecular weight is 336 g/mol. The quantitative estimate of drug-likeness (QED) is 0.815. The largest absolute Gasteiger partial charge is 0.459 e. The van der Waals surface area contributed by atoms with Gasteiger partial charge in [0.1, 0.15) is 5.60 Å². The molecule has 1 saturated heterocycles. The Morgan fingerprint density at radius 1 is 1.30 bits per heavy atom. The first-order valence-corrected chi connectivity index (χ1v) is 8.63. The first kappa shape index (κ1) is 18.0. The fraction of sp³-hybridized carbons (Fsp3) is 0.526. The molecule has 0 aliphatic carbocycles. The van der Waals surface area contributed by atoms with Crippen LogP contribution in [0.4, 0.5) is 0 Å². The minimum atomic E-state index is -0.415. The van der Waals surface area contributed by atoms with Crippen LogP contribution in [0.3, 0.4) is 0 Å². The topological polar surface area (TPSA) is 38.3 Å². The highest BCUT2D eigenvalue weighted by molar-refractivity contribution is 6.30. The minimum absolute atomic E-state index is 0.168. The molecule has 1 aliphatic heterocycles. The van der Waals surface area contributed by atoms with Gasteiger partial charge < -0.3 is 10.1 Å². The number of esters is 1. The fourth-order valence-corrected chi connectivity index (χ4v) is 2.99. The Morgan fingerprint density at radius 2 is 1.91 bits per heavy atom. The molecule has 1 atom stereocenters. The van der Waals surface area contributed by atoms with Gasteiger partial charge in [-0.15, -0.1) is 0 Å². The molecule has 1 aromatic carbocycles. The van der Waals surface area contributed by atoms with Crippen LogP contribution >= 0.6 is 11.6 Å². The van der Waals surface area contributed by atoms with Crippen LogP contribution < -0.4 is 5.32 Å². The SMILES string of the molecule is CC(/C=C/c1ccc(Cl)cc1)C(=O)OC(C)(C)C1CCNCC1. The third-order valence-corrected chi connectivity index (χ3v) is 4.76. The second kappa shape index (κ2) is 7.98. The summed E-state index contributed by atoms with van der Waals surface area (Å²) in [4.78, 5) is 12.4. The molecule has 126 valence electrons. The van der Waals surface area contributed by atoms with E-state index >= 15 is 0 Å². The van der Waals surface area contributed by atoms with E-state index in [1.165, 1.54) is 0 Å². The highest BCUT2D eigenvalue weighted by atomic mass is 35.5. The van der Waals surface area contributed by atoms with E-state index in [2.05, 4.69) is 5.32 Å². The number of halogens is 1. The predicted octanol–water partition coefficient (Wildman–Crippen LogP) is 4.31. The molecule has 2 rings (SSSR count). The summed E-state index contributed by atoms with van der Waals surface area (Å²) in [5, 5.41) is 4.05. The lowest BCUT2D eigenvalue weighted by Crippen LogP contribution is -2.43. The van der Waals surface area contributed by atoms with Gasteiger partial charge in [-0.2, -0.15) is 0 Å². The number of carbonyl (C=O) groups is 1. The van der Waals surface area contributed by atoms with E-state index in [9.17, 15) is 4.79 Å². The molecule has 0 saturated carbocycles. The van der Waals surface area contributed by atoms with Crippen LogP contribution in [0.25, 0.3) is 6.08 Å². The smallest absolute Gasteiger partial charge is 0.313 e. The van der Waals surface area contributed by atoms with Gasteiger partial charge in [-0.3, -0.25) is 4.79 Å². The molecule has 1 fully saturated rings. The van der Waals surface area contributed by atoms with Crippen LogP contribution in [0.1, 0.15) is 39.2 Å². The van der Waals surface area contributed by atoms with E-state index in [0.717, 1.165) is 31.5 Å². The molecule has 3 nitrogen and oxygen atoms in total. The second-order valence-corrected chi connectivity index (χ2v) is 7.18. The number of hydrogen-bond donors (Lipinski definition) is 1. The van der Waals surface area contributed by atoms with Gasteiger partial charge in [-0.1, -0.05) is 35.9 Å². The monoisotopic (exact) mass is 335 g/mol. The van der Waals surface area contributed by atoms with Crippen molar-refractivity contribution in [3.63, 3.8) is 0 Å². The number of ether oxygens (including phenoxy) is 1. The Morgan fingerprint density at radius 3 is 2.52 bits per heavy atom. The van der Waals surface area contributed by atoms with Crippen molar-refractivity contribution >= 4 is 23.6 Å². The molecule has 1 heterocycles. The van der Waals surface area contributed by atoms with Gasteiger partial charge in [0.25, 0.3) is 0 Å². The summed E-state index contributed by atoms with van der Waals surface area (Å²) >= 11 is 5.87. The molecule has 0 aromatic heterocycles. The van der Waals surface area contributed by atoms with E-state index < -0.39 is 5.60 Å². The normalized spacial score (nSPS) is 18.1. The molecule has 1 aromatic rings. The van der Waals surface area contributed by atoms with Crippen molar-refractivity contribution in [1.29, 1.82) is 0 Å². The molecule has 0 bridgehead atoms. The average Bonchev–Trinajstić information content (AvgIpc) is 2.54. The van der Waals surface area contributed by atoms with Gasteiger partial charge in [0, 0.05) is 10.9 Å². The van der Waals surface area contributed by atoms with Crippen LogP contribution in [0.15, 0.2) is 30.3 Å².